The van der Waals surface area contributed by atoms with Crippen LogP contribution in [0.3, 0.4) is 0 Å². The van der Waals surface area contributed by atoms with Gasteiger partial charge in [0.15, 0.2) is 0 Å². The topological polar surface area (TPSA) is 125 Å². The highest BCUT2D eigenvalue weighted by molar-refractivity contribution is 8.01. The molecule has 9 heteroatoms. The summed E-state index contributed by atoms with van der Waals surface area (Å²) in [7, 11) is 0. The fourth-order valence-electron chi connectivity index (χ4n) is 2.67. The SMILES string of the molecule is CC(=O)Nc1cccc(NC(=O)C[C@@H]2Sc3cc(C(=O)O)ccc3NC2=O)c1. The van der Waals surface area contributed by atoms with E-state index in [-0.39, 0.29) is 29.7 Å². The summed E-state index contributed by atoms with van der Waals surface area (Å²) in [5, 5.41) is 16.4. The fourth-order valence-corrected chi connectivity index (χ4v) is 3.82. The number of carbonyl (C=O) groups is 4. The van der Waals surface area contributed by atoms with Crippen LogP contribution in [0.2, 0.25) is 0 Å². The van der Waals surface area contributed by atoms with E-state index in [4.69, 9.17) is 5.11 Å². The number of hydrogen-bond acceptors (Lipinski definition) is 5. The molecular weight excluding hydrogens is 382 g/mol. The summed E-state index contributed by atoms with van der Waals surface area (Å²) in [4.78, 5) is 47.5. The normalized spacial score (nSPS) is 15.2. The van der Waals surface area contributed by atoms with Crippen LogP contribution in [0.25, 0.3) is 0 Å². The number of hydrogen-bond donors (Lipinski definition) is 4. The Morgan fingerprint density at radius 1 is 1.11 bits per heavy atom. The molecule has 28 heavy (non-hydrogen) atoms. The van der Waals surface area contributed by atoms with Crippen molar-refractivity contribution in [3.63, 3.8) is 0 Å². The van der Waals surface area contributed by atoms with Gasteiger partial charge in [-0.3, -0.25) is 14.4 Å². The number of fused-ring (bicyclic) bond motifs is 1. The van der Waals surface area contributed by atoms with Crippen LogP contribution in [0.15, 0.2) is 47.4 Å². The zero-order valence-electron chi connectivity index (χ0n) is 14.8. The maximum absolute atomic E-state index is 12.4. The number of aromatic carboxylic acids is 1. The lowest BCUT2D eigenvalue weighted by atomic mass is 10.2. The summed E-state index contributed by atoms with van der Waals surface area (Å²) in [6, 6.07) is 11.1. The van der Waals surface area contributed by atoms with Gasteiger partial charge in [0.05, 0.1) is 16.5 Å². The number of thioether (sulfide) groups is 1. The number of carboxylic acid groups (broad SMARTS) is 1. The summed E-state index contributed by atoms with van der Waals surface area (Å²) in [6.07, 6.45) is -0.0857. The van der Waals surface area contributed by atoms with Gasteiger partial charge in [-0.15, -0.1) is 11.8 Å². The zero-order chi connectivity index (χ0) is 20.3. The van der Waals surface area contributed by atoms with Crippen molar-refractivity contribution in [2.24, 2.45) is 0 Å². The van der Waals surface area contributed by atoms with Crippen LogP contribution in [0, 0.1) is 0 Å². The predicted octanol–water partition coefficient (Wildman–Crippen LogP) is 2.78. The van der Waals surface area contributed by atoms with E-state index < -0.39 is 11.2 Å². The Balaban J connectivity index is 1.67. The average molecular weight is 399 g/mol. The van der Waals surface area contributed by atoms with Crippen molar-refractivity contribution in [1.29, 1.82) is 0 Å². The van der Waals surface area contributed by atoms with Gasteiger partial charge in [-0.2, -0.15) is 0 Å². The van der Waals surface area contributed by atoms with E-state index in [9.17, 15) is 19.2 Å². The molecule has 3 amide bonds. The Morgan fingerprint density at radius 2 is 1.82 bits per heavy atom. The molecule has 0 radical (unpaired) electrons. The minimum atomic E-state index is -1.06. The molecule has 0 spiro atoms. The molecule has 0 unspecified atom stereocenters. The van der Waals surface area contributed by atoms with Crippen molar-refractivity contribution in [3.05, 3.63) is 48.0 Å². The van der Waals surface area contributed by atoms with Gasteiger partial charge < -0.3 is 21.1 Å². The molecule has 144 valence electrons. The lowest BCUT2D eigenvalue weighted by Crippen LogP contribution is -2.32. The largest absolute Gasteiger partial charge is 0.478 e. The van der Waals surface area contributed by atoms with Crippen LogP contribution < -0.4 is 16.0 Å². The summed E-state index contributed by atoms with van der Waals surface area (Å²) < 4.78 is 0. The first-order valence-electron chi connectivity index (χ1n) is 8.34. The second-order valence-electron chi connectivity index (χ2n) is 6.13. The highest BCUT2D eigenvalue weighted by Gasteiger charge is 2.29. The van der Waals surface area contributed by atoms with Crippen LogP contribution in [0.4, 0.5) is 17.1 Å². The quantitative estimate of drug-likeness (QED) is 0.613. The summed E-state index contributed by atoms with van der Waals surface area (Å²) >= 11 is 1.15. The predicted molar refractivity (Wildman–Crippen MR) is 106 cm³/mol. The average Bonchev–Trinajstić information content (AvgIpc) is 2.61. The van der Waals surface area contributed by atoms with Gasteiger partial charge in [-0.05, 0) is 36.4 Å². The first-order valence-corrected chi connectivity index (χ1v) is 9.22. The highest BCUT2D eigenvalue weighted by atomic mass is 32.2. The minimum Gasteiger partial charge on any atom is -0.478 e. The minimum absolute atomic E-state index is 0.0857. The van der Waals surface area contributed by atoms with Crippen LogP contribution in [-0.4, -0.2) is 34.0 Å². The van der Waals surface area contributed by atoms with E-state index in [1.54, 1.807) is 24.3 Å². The van der Waals surface area contributed by atoms with Crippen LogP contribution in [0.1, 0.15) is 23.7 Å². The van der Waals surface area contributed by atoms with Crippen molar-refractivity contribution < 1.29 is 24.3 Å². The number of carbonyl (C=O) groups excluding carboxylic acids is 3. The van der Waals surface area contributed by atoms with Crippen molar-refractivity contribution in [1.82, 2.24) is 0 Å². The summed E-state index contributed by atoms with van der Waals surface area (Å²) in [6.45, 7) is 1.39. The first-order chi connectivity index (χ1) is 13.3. The molecule has 2 aromatic carbocycles. The molecule has 0 aliphatic carbocycles. The monoisotopic (exact) mass is 399 g/mol. The standard InChI is InChI=1S/C19H17N3O5S/c1-10(23)20-12-3-2-4-13(8-12)21-17(24)9-16-18(25)22-14-6-5-11(19(26)27)7-15(14)28-16/h2-8,16H,9H2,1H3,(H,20,23)(H,21,24)(H,22,25)(H,26,27)/t16-/m0/s1. The molecule has 1 heterocycles. The summed E-state index contributed by atoms with van der Waals surface area (Å²) in [5.74, 6) is -1.97. The zero-order valence-corrected chi connectivity index (χ0v) is 15.6. The van der Waals surface area contributed by atoms with E-state index >= 15 is 0 Å². The molecule has 2 aromatic rings. The maximum atomic E-state index is 12.4. The van der Waals surface area contributed by atoms with E-state index in [1.807, 2.05) is 0 Å². The number of anilines is 3. The lowest BCUT2D eigenvalue weighted by molar-refractivity contribution is -0.120. The molecule has 0 saturated heterocycles. The van der Waals surface area contributed by atoms with Gasteiger partial charge in [-0.25, -0.2) is 4.79 Å². The Morgan fingerprint density at radius 3 is 2.50 bits per heavy atom. The molecule has 0 bridgehead atoms. The van der Waals surface area contributed by atoms with E-state index in [2.05, 4.69) is 16.0 Å². The number of benzene rings is 2. The molecule has 1 aliphatic rings. The van der Waals surface area contributed by atoms with Crippen molar-refractivity contribution in [3.8, 4) is 0 Å². The van der Waals surface area contributed by atoms with Gasteiger partial charge in [0.1, 0.15) is 0 Å². The second kappa shape index (κ2) is 8.13. The Labute approximate surface area is 164 Å². The molecule has 1 atom stereocenters. The molecule has 8 nitrogen and oxygen atoms in total. The van der Waals surface area contributed by atoms with E-state index in [0.29, 0.717) is 22.0 Å². The molecule has 0 saturated carbocycles. The van der Waals surface area contributed by atoms with Crippen LogP contribution in [-0.2, 0) is 14.4 Å². The molecule has 4 N–H and O–H groups in total. The Hall–Kier alpha value is -3.33. The number of carboxylic acids is 1. The lowest BCUT2D eigenvalue weighted by Gasteiger charge is -2.24. The number of rotatable bonds is 5. The molecule has 1 aliphatic heterocycles. The van der Waals surface area contributed by atoms with E-state index in [0.717, 1.165) is 11.8 Å². The number of nitrogens with one attached hydrogen (secondary N) is 3. The third kappa shape index (κ3) is 4.68. The molecule has 3 rings (SSSR count). The maximum Gasteiger partial charge on any atom is 0.335 e. The van der Waals surface area contributed by atoms with Gasteiger partial charge in [0, 0.05) is 29.6 Å². The third-order valence-electron chi connectivity index (χ3n) is 3.89. The Bertz CT molecular complexity index is 976. The van der Waals surface area contributed by atoms with E-state index in [1.165, 1.54) is 25.1 Å². The van der Waals surface area contributed by atoms with Crippen molar-refractivity contribution in [2.75, 3.05) is 16.0 Å². The first kappa shape index (κ1) is 19.4. The van der Waals surface area contributed by atoms with Crippen LogP contribution >= 0.6 is 11.8 Å². The molecular formula is C19H17N3O5S. The Kier molecular flexibility index (Phi) is 5.65. The number of amides is 3. The van der Waals surface area contributed by atoms with Crippen molar-refractivity contribution >= 4 is 52.5 Å². The smallest absolute Gasteiger partial charge is 0.335 e. The third-order valence-corrected chi connectivity index (χ3v) is 5.14. The van der Waals surface area contributed by atoms with Crippen LogP contribution in [0.5, 0.6) is 0 Å². The molecule has 0 aromatic heterocycles. The molecule has 0 fully saturated rings. The summed E-state index contributed by atoms with van der Waals surface area (Å²) in [5.41, 5.74) is 1.68. The van der Waals surface area contributed by atoms with Gasteiger partial charge in [-0.1, -0.05) is 6.07 Å². The highest BCUT2D eigenvalue weighted by Crippen LogP contribution is 2.37. The van der Waals surface area contributed by atoms with Crippen molar-refractivity contribution in [2.45, 2.75) is 23.5 Å². The fraction of sp³-hybridized carbons (Fsp3) is 0.158. The van der Waals surface area contributed by atoms with Gasteiger partial charge in [0.2, 0.25) is 17.7 Å². The van der Waals surface area contributed by atoms with Gasteiger partial charge in [0.25, 0.3) is 0 Å². The second-order valence-corrected chi connectivity index (χ2v) is 7.37. The van der Waals surface area contributed by atoms with Gasteiger partial charge >= 0.3 is 5.97 Å².